The second kappa shape index (κ2) is 5.35. The van der Waals surface area contributed by atoms with Crippen molar-refractivity contribution in [2.75, 3.05) is 0 Å². The minimum Gasteiger partial charge on any atom is -0.294 e. The van der Waals surface area contributed by atoms with Crippen molar-refractivity contribution in [1.29, 1.82) is 0 Å². The molecule has 20 heavy (non-hydrogen) atoms. The van der Waals surface area contributed by atoms with Crippen LogP contribution in [0.25, 0.3) is 16.7 Å². The minimum atomic E-state index is -0.228. The van der Waals surface area contributed by atoms with E-state index in [4.69, 9.17) is 23.2 Å². The molecule has 3 rings (SSSR count). The first-order chi connectivity index (χ1) is 9.58. The van der Waals surface area contributed by atoms with Crippen LogP contribution in [0, 0.1) is 0 Å². The average molecular weight is 371 g/mol. The Kier molecular flexibility index (Phi) is 3.71. The molecule has 0 radical (unpaired) electrons. The number of hydrogen-bond donors (Lipinski definition) is 0. The number of halogens is 3. The highest BCUT2D eigenvalue weighted by Crippen LogP contribution is 2.32. The molecule has 0 aliphatic rings. The minimum absolute atomic E-state index is 0.228. The lowest BCUT2D eigenvalue weighted by Gasteiger charge is -2.12. The van der Waals surface area contributed by atoms with Gasteiger partial charge in [0, 0.05) is 15.7 Å². The molecule has 3 nitrogen and oxygen atoms in total. The predicted octanol–water partition coefficient (Wildman–Crippen LogP) is 5.14. The third kappa shape index (κ3) is 2.32. The van der Waals surface area contributed by atoms with Crippen LogP contribution in [-0.2, 0) is 0 Å². The molecule has 0 fully saturated rings. The largest absolute Gasteiger partial charge is 0.294 e. The summed E-state index contributed by atoms with van der Waals surface area (Å²) in [7, 11) is 0. The Labute approximate surface area is 134 Å². The zero-order valence-electron chi connectivity index (χ0n) is 10.5. The summed E-state index contributed by atoms with van der Waals surface area (Å²) in [6.07, 6.45) is 3.47. The van der Waals surface area contributed by atoms with Crippen LogP contribution in [0.5, 0.6) is 0 Å². The Bertz CT molecular complexity index is 783. The number of pyridine rings is 1. The lowest BCUT2D eigenvalue weighted by molar-refractivity contribution is 0.880. The van der Waals surface area contributed by atoms with E-state index in [1.54, 1.807) is 12.4 Å². The zero-order chi connectivity index (χ0) is 14.3. The molecule has 2 heterocycles. The summed E-state index contributed by atoms with van der Waals surface area (Å²) in [5.74, 6) is 0.762. The van der Waals surface area contributed by atoms with Crippen molar-refractivity contribution in [3.05, 3.63) is 52.0 Å². The highest BCUT2D eigenvalue weighted by atomic mass is 79.9. The number of aromatic nitrogens is 3. The monoisotopic (exact) mass is 369 g/mol. The topological polar surface area (TPSA) is 30.7 Å². The molecular weight excluding hydrogens is 361 g/mol. The van der Waals surface area contributed by atoms with E-state index in [-0.39, 0.29) is 5.38 Å². The number of benzene rings is 1. The Morgan fingerprint density at radius 1 is 1.30 bits per heavy atom. The number of hydrogen-bond acceptors (Lipinski definition) is 2. The molecule has 1 aromatic carbocycles. The Morgan fingerprint density at radius 2 is 2.10 bits per heavy atom. The fraction of sp³-hybridized carbons (Fsp3) is 0.143. The van der Waals surface area contributed by atoms with Gasteiger partial charge < -0.3 is 0 Å². The molecule has 1 atom stereocenters. The van der Waals surface area contributed by atoms with Gasteiger partial charge in [-0.3, -0.25) is 9.55 Å². The van der Waals surface area contributed by atoms with Crippen LogP contribution in [0.15, 0.2) is 41.1 Å². The lowest BCUT2D eigenvalue weighted by Crippen LogP contribution is -2.02. The van der Waals surface area contributed by atoms with Crippen molar-refractivity contribution >= 4 is 50.2 Å². The Balaban J connectivity index is 2.39. The number of nitrogens with zero attached hydrogens (tertiary/aromatic N) is 3. The van der Waals surface area contributed by atoms with E-state index < -0.39 is 0 Å². The molecule has 0 saturated carbocycles. The van der Waals surface area contributed by atoms with Crippen LogP contribution in [0.2, 0.25) is 5.02 Å². The third-order valence-corrected chi connectivity index (χ3v) is 4.09. The maximum Gasteiger partial charge on any atom is 0.132 e. The quantitative estimate of drug-likeness (QED) is 0.585. The second-order valence-corrected chi connectivity index (χ2v) is 6.33. The van der Waals surface area contributed by atoms with Crippen molar-refractivity contribution in [2.24, 2.45) is 0 Å². The van der Waals surface area contributed by atoms with E-state index in [1.807, 2.05) is 35.8 Å². The number of rotatable bonds is 2. The molecule has 0 bridgehead atoms. The average Bonchev–Trinajstić information content (AvgIpc) is 2.81. The van der Waals surface area contributed by atoms with Crippen LogP contribution in [0.4, 0.5) is 0 Å². The molecule has 0 aliphatic heterocycles. The van der Waals surface area contributed by atoms with E-state index in [1.165, 1.54) is 0 Å². The van der Waals surface area contributed by atoms with Gasteiger partial charge in [0.1, 0.15) is 11.3 Å². The summed E-state index contributed by atoms with van der Waals surface area (Å²) in [5.41, 5.74) is 2.67. The Hall–Kier alpha value is -1.10. The number of alkyl halides is 1. The molecule has 6 heteroatoms. The number of imidazole rings is 1. The summed E-state index contributed by atoms with van der Waals surface area (Å²) in [6, 6.07) is 7.54. The smallest absolute Gasteiger partial charge is 0.132 e. The SMILES string of the molecule is CC(Cl)c1nc2cnccc2n1-c1cc(Cl)ccc1Br. The molecule has 0 amide bonds. The normalized spacial score (nSPS) is 12.8. The van der Waals surface area contributed by atoms with Crippen molar-refractivity contribution in [3.63, 3.8) is 0 Å². The van der Waals surface area contributed by atoms with E-state index in [2.05, 4.69) is 25.9 Å². The first-order valence-corrected chi connectivity index (χ1v) is 7.60. The first-order valence-electron chi connectivity index (χ1n) is 6.00. The van der Waals surface area contributed by atoms with Gasteiger partial charge >= 0.3 is 0 Å². The molecule has 0 aliphatic carbocycles. The summed E-state index contributed by atoms with van der Waals surface area (Å²) < 4.78 is 2.93. The van der Waals surface area contributed by atoms with Crippen LogP contribution in [-0.4, -0.2) is 14.5 Å². The van der Waals surface area contributed by atoms with E-state index in [9.17, 15) is 0 Å². The highest BCUT2D eigenvalue weighted by Gasteiger charge is 2.18. The van der Waals surface area contributed by atoms with Gasteiger partial charge in [0.2, 0.25) is 0 Å². The fourth-order valence-corrected chi connectivity index (χ4v) is 2.86. The van der Waals surface area contributed by atoms with Crippen molar-refractivity contribution < 1.29 is 0 Å². The summed E-state index contributed by atoms with van der Waals surface area (Å²) in [4.78, 5) is 8.67. The standard InChI is InChI=1S/C14H10BrCl2N3/c1-8(16)14-19-11-7-18-5-4-12(11)20(14)13-6-9(17)2-3-10(13)15/h2-8H,1H3. The van der Waals surface area contributed by atoms with Gasteiger partial charge in [-0.1, -0.05) is 11.6 Å². The summed E-state index contributed by atoms with van der Waals surface area (Å²) >= 11 is 15.9. The lowest BCUT2D eigenvalue weighted by atomic mass is 10.3. The van der Waals surface area contributed by atoms with Gasteiger partial charge in [0.05, 0.1) is 22.8 Å². The van der Waals surface area contributed by atoms with Gasteiger partial charge in [-0.2, -0.15) is 0 Å². The van der Waals surface area contributed by atoms with Gasteiger partial charge in [0.25, 0.3) is 0 Å². The first kappa shape index (κ1) is 13.9. The van der Waals surface area contributed by atoms with Crippen molar-refractivity contribution in [2.45, 2.75) is 12.3 Å². The predicted molar refractivity (Wildman–Crippen MR) is 85.8 cm³/mol. The maximum atomic E-state index is 6.27. The Morgan fingerprint density at radius 3 is 2.85 bits per heavy atom. The van der Waals surface area contributed by atoms with Gasteiger partial charge in [-0.05, 0) is 47.1 Å². The van der Waals surface area contributed by atoms with Crippen LogP contribution >= 0.6 is 39.1 Å². The van der Waals surface area contributed by atoms with Crippen LogP contribution in [0.1, 0.15) is 18.1 Å². The van der Waals surface area contributed by atoms with Crippen LogP contribution < -0.4 is 0 Å². The van der Waals surface area contributed by atoms with E-state index in [0.717, 1.165) is 27.0 Å². The molecular formula is C14H10BrCl2N3. The van der Waals surface area contributed by atoms with Gasteiger partial charge in [-0.15, -0.1) is 11.6 Å². The zero-order valence-corrected chi connectivity index (χ0v) is 13.6. The summed E-state index contributed by atoms with van der Waals surface area (Å²) in [6.45, 7) is 1.89. The molecule has 1 unspecified atom stereocenters. The molecule has 102 valence electrons. The third-order valence-electron chi connectivity index (χ3n) is 2.99. The molecule has 0 spiro atoms. The van der Waals surface area contributed by atoms with E-state index in [0.29, 0.717) is 5.02 Å². The van der Waals surface area contributed by atoms with Gasteiger partial charge in [0.15, 0.2) is 0 Å². The molecule has 0 N–H and O–H groups in total. The van der Waals surface area contributed by atoms with E-state index >= 15 is 0 Å². The maximum absolute atomic E-state index is 6.27. The van der Waals surface area contributed by atoms with Crippen LogP contribution in [0.3, 0.4) is 0 Å². The highest BCUT2D eigenvalue weighted by molar-refractivity contribution is 9.10. The number of fused-ring (bicyclic) bond motifs is 1. The molecule has 3 aromatic rings. The second-order valence-electron chi connectivity index (χ2n) is 4.38. The molecule has 0 saturated heterocycles. The van der Waals surface area contributed by atoms with Gasteiger partial charge in [-0.25, -0.2) is 4.98 Å². The summed E-state index contributed by atoms with van der Waals surface area (Å²) in [5, 5.41) is 0.431. The van der Waals surface area contributed by atoms with Crippen molar-refractivity contribution in [3.8, 4) is 5.69 Å². The fourth-order valence-electron chi connectivity index (χ4n) is 2.13. The van der Waals surface area contributed by atoms with Crippen molar-refractivity contribution in [1.82, 2.24) is 14.5 Å². The molecule has 2 aromatic heterocycles.